The minimum atomic E-state index is -1.05. The van der Waals surface area contributed by atoms with Gasteiger partial charge in [0.05, 0.1) is 6.10 Å². The summed E-state index contributed by atoms with van der Waals surface area (Å²) in [6, 6.07) is -1.91. The molecule has 3 atom stereocenters. The molecule has 0 aromatic heterocycles. The Hall–Kier alpha value is -1.83. The molecule has 0 aliphatic carbocycles. The van der Waals surface area contributed by atoms with Crippen LogP contribution in [0.3, 0.4) is 0 Å². The number of nitrogens with one attached hydrogen (secondary N) is 1. The number of methoxy groups -OCH3 is 1. The largest absolute Gasteiger partial charge is 0.480 e. The number of urea groups is 1. The van der Waals surface area contributed by atoms with Crippen LogP contribution in [0.15, 0.2) is 0 Å². The van der Waals surface area contributed by atoms with Crippen LogP contribution in [0, 0.1) is 0 Å². The van der Waals surface area contributed by atoms with Gasteiger partial charge in [0.1, 0.15) is 12.1 Å². The highest BCUT2D eigenvalue weighted by atomic mass is 16.5. The summed E-state index contributed by atoms with van der Waals surface area (Å²) in [6.07, 6.45) is -0.0135. The number of carboxylic acid groups (broad SMARTS) is 1. The first kappa shape index (κ1) is 14.6. The molecule has 0 spiro atoms. The zero-order valence-corrected chi connectivity index (χ0v) is 11.5. The van der Waals surface area contributed by atoms with Crippen LogP contribution >= 0.6 is 0 Å². The number of carbonyl (C=O) groups excluding carboxylic acids is 2. The number of rotatable bonds is 2. The Morgan fingerprint density at radius 1 is 1.40 bits per heavy atom. The van der Waals surface area contributed by atoms with Crippen molar-refractivity contribution in [2.75, 3.05) is 26.7 Å². The molecular weight excluding hydrogens is 266 g/mol. The smallest absolute Gasteiger partial charge is 0.326 e. The number of carboxylic acids is 1. The van der Waals surface area contributed by atoms with Gasteiger partial charge in [-0.15, -0.1) is 0 Å². The molecule has 0 radical (unpaired) electrons. The average Bonchev–Trinajstić information content (AvgIpc) is 2.85. The van der Waals surface area contributed by atoms with Gasteiger partial charge in [-0.25, -0.2) is 9.59 Å². The Morgan fingerprint density at radius 2 is 2.10 bits per heavy atom. The van der Waals surface area contributed by atoms with Gasteiger partial charge in [0, 0.05) is 33.2 Å². The minimum Gasteiger partial charge on any atom is -0.480 e. The number of likely N-dealkylation sites (tertiary alicyclic amines) is 1. The molecule has 8 heteroatoms. The third-order valence-corrected chi connectivity index (χ3v) is 3.87. The van der Waals surface area contributed by atoms with Crippen LogP contribution in [0.25, 0.3) is 0 Å². The van der Waals surface area contributed by atoms with Gasteiger partial charge in [-0.2, -0.15) is 0 Å². The summed E-state index contributed by atoms with van der Waals surface area (Å²) in [5, 5.41) is 11.9. The zero-order valence-electron chi connectivity index (χ0n) is 11.5. The number of nitrogens with zero attached hydrogens (tertiary/aromatic N) is 2. The van der Waals surface area contributed by atoms with Crippen molar-refractivity contribution in [1.82, 2.24) is 15.1 Å². The highest BCUT2D eigenvalue weighted by Crippen LogP contribution is 2.23. The van der Waals surface area contributed by atoms with Gasteiger partial charge >= 0.3 is 12.0 Å². The van der Waals surface area contributed by atoms with Crippen molar-refractivity contribution in [1.29, 1.82) is 0 Å². The number of carbonyl (C=O) groups is 3. The number of hydrogen-bond donors (Lipinski definition) is 2. The first-order valence-corrected chi connectivity index (χ1v) is 6.56. The second-order valence-corrected chi connectivity index (χ2v) is 5.04. The van der Waals surface area contributed by atoms with Crippen molar-refractivity contribution in [3.63, 3.8) is 0 Å². The lowest BCUT2D eigenvalue weighted by atomic mass is 10.2. The van der Waals surface area contributed by atoms with E-state index in [1.807, 2.05) is 0 Å². The van der Waals surface area contributed by atoms with Crippen molar-refractivity contribution < 1.29 is 24.2 Å². The van der Waals surface area contributed by atoms with Crippen LogP contribution in [0.1, 0.15) is 13.3 Å². The molecule has 2 aliphatic heterocycles. The fourth-order valence-electron chi connectivity index (χ4n) is 2.62. The lowest BCUT2D eigenvalue weighted by Gasteiger charge is -2.36. The van der Waals surface area contributed by atoms with Crippen LogP contribution in [0.4, 0.5) is 4.79 Å². The van der Waals surface area contributed by atoms with Crippen molar-refractivity contribution in [3.05, 3.63) is 0 Å². The molecule has 2 fully saturated rings. The van der Waals surface area contributed by atoms with E-state index in [9.17, 15) is 19.5 Å². The van der Waals surface area contributed by atoms with E-state index < -0.39 is 24.1 Å². The van der Waals surface area contributed by atoms with Crippen molar-refractivity contribution in [2.45, 2.75) is 31.5 Å². The maximum Gasteiger partial charge on any atom is 0.326 e. The van der Waals surface area contributed by atoms with E-state index in [2.05, 4.69) is 5.32 Å². The van der Waals surface area contributed by atoms with E-state index >= 15 is 0 Å². The summed E-state index contributed by atoms with van der Waals surface area (Å²) in [6.45, 7) is 2.63. The van der Waals surface area contributed by atoms with E-state index in [1.54, 1.807) is 6.92 Å². The molecule has 3 amide bonds. The van der Waals surface area contributed by atoms with Crippen LogP contribution < -0.4 is 5.32 Å². The predicted molar refractivity (Wildman–Crippen MR) is 68.1 cm³/mol. The molecule has 2 rings (SSSR count). The van der Waals surface area contributed by atoms with Gasteiger partial charge in [0.25, 0.3) is 0 Å². The van der Waals surface area contributed by atoms with Gasteiger partial charge < -0.3 is 25.0 Å². The van der Waals surface area contributed by atoms with Gasteiger partial charge in [0.2, 0.25) is 5.91 Å². The summed E-state index contributed by atoms with van der Waals surface area (Å²) in [5.74, 6) is -1.27. The van der Waals surface area contributed by atoms with E-state index in [-0.39, 0.29) is 25.0 Å². The normalized spacial score (nSPS) is 30.3. The summed E-state index contributed by atoms with van der Waals surface area (Å²) in [4.78, 5) is 38.0. The highest BCUT2D eigenvalue weighted by molar-refractivity contribution is 5.90. The Labute approximate surface area is 116 Å². The number of amides is 3. The molecule has 112 valence electrons. The molecule has 2 saturated heterocycles. The predicted octanol–water partition coefficient (Wildman–Crippen LogP) is -0.899. The Bertz CT molecular complexity index is 427. The van der Waals surface area contributed by atoms with Crippen LogP contribution in [0.5, 0.6) is 0 Å². The Kier molecular flexibility index (Phi) is 4.12. The lowest BCUT2D eigenvalue weighted by Crippen LogP contribution is -2.60. The molecule has 8 nitrogen and oxygen atoms in total. The van der Waals surface area contributed by atoms with Crippen LogP contribution in [-0.2, 0) is 14.3 Å². The van der Waals surface area contributed by atoms with Crippen LogP contribution in [-0.4, -0.2) is 77.7 Å². The maximum atomic E-state index is 12.5. The van der Waals surface area contributed by atoms with E-state index in [0.29, 0.717) is 13.1 Å². The minimum absolute atomic E-state index is 0.223. The third kappa shape index (κ3) is 2.55. The second-order valence-electron chi connectivity index (χ2n) is 5.04. The summed E-state index contributed by atoms with van der Waals surface area (Å²) in [5.41, 5.74) is 0. The third-order valence-electron chi connectivity index (χ3n) is 3.87. The molecule has 2 heterocycles. The SMILES string of the molecule is COC1CC(C(=O)O)N(C(=O)N2CCNC(=O)C2C)C1. The first-order chi connectivity index (χ1) is 9.45. The maximum absolute atomic E-state index is 12.5. The van der Waals surface area contributed by atoms with Gasteiger partial charge in [-0.1, -0.05) is 0 Å². The molecule has 0 saturated carbocycles. The molecule has 2 aliphatic rings. The topological polar surface area (TPSA) is 99.2 Å². The molecule has 2 N–H and O–H groups in total. The summed E-state index contributed by atoms with van der Waals surface area (Å²) < 4.78 is 5.15. The number of piperazine rings is 1. The fraction of sp³-hybridized carbons (Fsp3) is 0.750. The first-order valence-electron chi connectivity index (χ1n) is 6.56. The van der Waals surface area contributed by atoms with E-state index in [1.165, 1.54) is 16.9 Å². The molecule has 3 unspecified atom stereocenters. The Morgan fingerprint density at radius 3 is 2.70 bits per heavy atom. The second kappa shape index (κ2) is 5.66. The van der Waals surface area contributed by atoms with E-state index in [0.717, 1.165) is 0 Å². The average molecular weight is 285 g/mol. The standard InChI is InChI=1S/C12H19N3O5/c1-7-10(16)13-3-4-14(7)12(19)15-6-8(20-2)5-9(15)11(17)18/h7-9H,3-6H2,1-2H3,(H,13,16)(H,17,18). The monoisotopic (exact) mass is 285 g/mol. The molecule has 0 aromatic rings. The van der Waals surface area contributed by atoms with Gasteiger partial charge in [-0.3, -0.25) is 4.79 Å². The van der Waals surface area contributed by atoms with Crippen LogP contribution in [0.2, 0.25) is 0 Å². The molecule has 20 heavy (non-hydrogen) atoms. The zero-order chi connectivity index (χ0) is 14.9. The lowest BCUT2D eigenvalue weighted by molar-refractivity contribution is -0.141. The van der Waals surface area contributed by atoms with Gasteiger partial charge in [0.15, 0.2) is 0 Å². The number of ether oxygens (including phenoxy) is 1. The van der Waals surface area contributed by atoms with Crippen molar-refractivity contribution in [2.24, 2.45) is 0 Å². The number of hydrogen-bond acceptors (Lipinski definition) is 4. The molecular formula is C12H19N3O5. The van der Waals surface area contributed by atoms with Crippen molar-refractivity contribution >= 4 is 17.9 Å². The molecule has 0 bridgehead atoms. The summed E-state index contributed by atoms with van der Waals surface area (Å²) >= 11 is 0. The van der Waals surface area contributed by atoms with Gasteiger partial charge in [-0.05, 0) is 6.92 Å². The highest BCUT2D eigenvalue weighted by Gasteiger charge is 2.43. The quantitative estimate of drug-likeness (QED) is 0.685. The van der Waals surface area contributed by atoms with E-state index in [4.69, 9.17) is 4.74 Å². The summed E-state index contributed by atoms with van der Waals surface area (Å²) in [7, 11) is 1.49. The molecule has 0 aromatic carbocycles. The van der Waals surface area contributed by atoms with Crippen molar-refractivity contribution in [3.8, 4) is 0 Å². The number of aliphatic carboxylic acids is 1. The fourth-order valence-corrected chi connectivity index (χ4v) is 2.62. The Balaban J connectivity index is 2.14.